The molecule has 6 nitrogen and oxygen atoms in total. The van der Waals surface area contributed by atoms with Gasteiger partial charge in [-0.2, -0.15) is 0 Å². The average Bonchev–Trinajstić information content (AvgIpc) is 3.10. The van der Waals surface area contributed by atoms with Gasteiger partial charge in [0.25, 0.3) is 5.91 Å². The Labute approximate surface area is 158 Å². The van der Waals surface area contributed by atoms with Crippen LogP contribution < -0.4 is 4.90 Å². The van der Waals surface area contributed by atoms with Crippen LogP contribution in [0.15, 0.2) is 54.6 Å². The Morgan fingerprint density at radius 2 is 1.70 bits per heavy atom. The van der Waals surface area contributed by atoms with Gasteiger partial charge in [0.05, 0.1) is 0 Å². The number of likely N-dealkylation sites (N-methyl/N-ethyl adjacent to an activating group) is 1. The largest absolute Gasteiger partial charge is 0.451 e. The van der Waals surface area contributed by atoms with Crippen LogP contribution in [0.1, 0.15) is 16.1 Å². The number of aromatic amines is 1. The molecule has 2 aromatic carbocycles. The van der Waals surface area contributed by atoms with Crippen molar-refractivity contribution in [1.29, 1.82) is 0 Å². The van der Waals surface area contributed by atoms with Crippen molar-refractivity contribution in [2.45, 2.75) is 6.54 Å². The van der Waals surface area contributed by atoms with E-state index in [1.165, 1.54) is 0 Å². The Morgan fingerprint density at radius 1 is 1.00 bits per heavy atom. The summed E-state index contributed by atoms with van der Waals surface area (Å²) in [6.45, 7) is 0.164. The average molecular weight is 365 g/mol. The highest BCUT2D eigenvalue weighted by Gasteiger charge is 2.15. The number of para-hydroxylation sites is 1. The summed E-state index contributed by atoms with van der Waals surface area (Å²) in [5.74, 6) is -0.792. The van der Waals surface area contributed by atoms with Gasteiger partial charge in [-0.25, -0.2) is 4.79 Å². The maximum atomic E-state index is 12.3. The summed E-state index contributed by atoms with van der Waals surface area (Å²) >= 11 is 0. The fraction of sp³-hybridized carbons (Fsp3) is 0.238. The molecule has 27 heavy (non-hydrogen) atoms. The molecule has 1 aromatic heterocycles. The van der Waals surface area contributed by atoms with Crippen LogP contribution in [0.2, 0.25) is 0 Å². The third-order valence-electron chi connectivity index (χ3n) is 4.37. The van der Waals surface area contributed by atoms with Crippen molar-refractivity contribution in [3.63, 3.8) is 0 Å². The summed E-state index contributed by atoms with van der Waals surface area (Å²) in [6.07, 6.45) is 0. The molecule has 0 saturated carbocycles. The van der Waals surface area contributed by atoms with Gasteiger partial charge in [-0.15, -0.1) is 0 Å². The van der Waals surface area contributed by atoms with Crippen molar-refractivity contribution in [2.75, 3.05) is 32.6 Å². The molecule has 0 bridgehead atoms. The van der Waals surface area contributed by atoms with Crippen LogP contribution in [0.25, 0.3) is 10.9 Å². The molecule has 1 amide bonds. The topological polar surface area (TPSA) is 65.6 Å². The maximum Gasteiger partial charge on any atom is 0.355 e. The summed E-state index contributed by atoms with van der Waals surface area (Å²) in [5.41, 5.74) is 3.30. The van der Waals surface area contributed by atoms with Crippen molar-refractivity contribution in [3.05, 3.63) is 65.9 Å². The highest BCUT2D eigenvalue weighted by Crippen LogP contribution is 2.16. The van der Waals surface area contributed by atoms with Crippen LogP contribution in [0.5, 0.6) is 0 Å². The molecule has 0 atom stereocenters. The van der Waals surface area contributed by atoms with Crippen LogP contribution in [-0.2, 0) is 16.1 Å². The van der Waals surface area contributed by atoms with E-state index in [1.807, 2.05) is 67.5 Å². The van der Waals surface area contributed by atoms with Gasteiger partial charge < -0.3 is 19.5 Å². The first-order chi connectivity index (χ1) is 12.9. The van der Waals surface area contributed by atoms with Gasteiger partial charge in [0, 0.05) is 44.3 Å². The summed E-state index contributed by atoms with van der Waals surface area (Å²) in [4.78, 5) is 31.0. The molecule has 3 aromatic rings. The Morgan fingerprint density at radius 3 is 2.37 bits per heavy atom. The molecule has 0 fully saturated rings. The van der Waals surface area contributed by atoms with E-state index >= 15 is 0 Å². The van der Waals surface area contributed by atoms with E-state index < -0.39 is 5.97 Å². The molecule has 0 saturated heterocycles. The van der Waals surface area contributed by atoms with Crippen LogP contribution in [0.4, 0.5) is 5.69 Å². The predicted molar refractivity (Wildman–Crippen MR) is 106 cm³/mol. The number of fused-ring (bicyclic) bond motifs is 1. The molecule has 0 aliphatic carbocycles. The van der Waals surface area contributed by atoms with Crippen molar-refractivity contribution < 1.29 is 14.3 Å². The third-order valence-corrected chi connectivity index (χ3v) is 4.37. The second-order valence-electron chi connectivity index (χ2n) is 6.66. The molecule has 0 spiro atoms. The number of nitrogens with one attached hydrogen (secondary N) is 1. The van der Waals surface area contributed by atoms with E-state index in [4.69, 9.17) is 4.74 Å². The van der Waals surface area contributed by atoms with Crippen molar-refractivity contribution in [1.82, 2.24) is 9.88 Å². The summed E-state index contributed by atoms with van der Waals surface area (Å²) in [6, 6.07) is 17.3. The maximum absolute atomic E-state index is 12.3. The molecular formula is C21H23N3O3. The second-order valence-corrected chi connectivity index (χ2v) is 6.66. The minimum Gasteiger partial charge on any atom is -0.451 e. The number of esters is 1. The number of amides is 1. The highest BCUT2D eigenvalue weighted by molar-refractivity contribution is 5.95. The number of rotatable bonds is 6. The molecule has 0 aliphatic heterocycles. The van der Waals surface area contributed by atoms with Gasteiger partial charge in [0.1, 0.15) is 5.69 Å². The van der Waals surface area contributed by atoms with Gasteiger partial charge in [0.2, 0.25) is 0 Å². The lowest BCUT2D eigenvalue weighted by atomic mass is 10.2. The third kappa shape index (κ3) is 4.47. The second kappa shape index (κ2) is 7.95. The molecule has 1 N–H and O–H groups in total. The van der Waals surface area contributed by atoms with Crippen molar-refractivity contribution >= 4 is 28.5 Å². The van der Waals surface area contributed by atoms with E-state index in [0.29, 0.717) is 12.2 Å². The quantitative estimate of drug-likeness (QED) is 0.682. The monoisotopic (exact) mass is 365 g/mol. The predicted octanol–water partition coefficient (Wildman–Crippen LogP) is 3.05. The number of hydrogen-bond donors (Lipinski definition) is 1. The van der Waals surface area contributed by atoms with Gasteiger partial charge in [0.15, 0.2) is 6.61 Å². The number of ether oxygens (including phenoxy) is 1. The molecule has 140 valence electrons. The lowest BCUT2D eigenvalue weighted by Gasteiger charge is -2.18. The Hall–Kier alpha value is -3.28. The fourth-order valence-electron chi connectivity index (χ4n) is 2.76. The molecule has 0 aliphatic rings. The smallest absolute Gasteiger partial charge is 0.355 e. The Balaban J connectivity index is 1.54. The Bertz CT molecular complexity index is 912. The van der Waals surface area contributed by atoms with Crippen LogP contribution in [0, 0.1) is 0 Å². The van der Waals surface area contributed by atoms with E-state index in [2.05, 4.69) is 4.98 Å². The van der Waals surface area contributed by atoms with Crippen molar-refractivity contribution in [2.24, 2.45) is 0 Å². The number of carbonyl (C=O) groups excluding carboxylic acids is 2. The zero-order valence-electron chi connectivity index (χ0n) is 15.7. The molecule has 1 heterocycles. The summed E-state index contributed by atoms with van der Waals surface area (Å²) < 4.78 is 5.16. The van der Waals surface area contributed by atoms with Gasteiger partial charge in [-0.3, -0.25) is 4.79 Å². The zero-order valence-corrected chi connectivity index (χ0v) is 15.7. The molecular weight excluding hydrogens is 342 g/mol. The van der Waals surface area contributed by atoms with Crippen LogP contribution in [0.3, 0.4) is 0 Å². The Kier molecular flexibility index (Phi) is 5.45. The van der Waals surface area contributed by atoms with E-state index in [9.17, 15) is 9.59 Å². The first-order valence-electron chi connectivity index (χ1n) is 8.69. The number of benzene rings is 2. The number of aromatic nitrogens is 1. The van der Waals surface area contributed by atoms with Gasteiger partial charge >= 0.3 is 5.97 Å². The molecule has 3 rings (SSSR count). The standard InChI is InChI=1S/C21H23N3O3/c1-23(2)17-10-8-15(9-11-17)13-24(3)20(25)14-27-21(26)19-12-16-6-4-5-7-18(16)22-19/h4-12,22H,13-14H2,1-3H3. The molecule has 0 radical (unpaired) electrons. The van der Waals surface area contributed by atoms with Gasteiger partial charge in [-0.1, -0.05) is 30.3 Å². The molecule has 6 heteroatoms. The van der Waals surface area contributed by atoms with E-state index in [1.54, 1.807) is 18.0 Å². The lowest BCUT2D eigenvalue weighted by molar-refractivity contribution is -0.133. The number of H-pyrrole nitrogens is 1. The first kappa shape index (κ1) is 18.5. The van der Waals surface area contributed by atoms with Gasteiger partial charge in [-0.05, 0) is 29.8 Å². The summed E-state index contributed by atoms with van der Waals surface area (Å²) in [5, 5.41) is 0.925. The zero-order chi connectivity index (χ0) is 19.4. The number of hydrogen-bond acceptors (Lipinski definition) is 4. The lowest BCUT2D eigenvalue weighted by Crippen LogP contribution is -2.30. The number of carbonyl (C=O) groups is 2. The van der Waals surface area contributed by atoms with Crippen molar-refractivity contribution in [3.8, 4) is 0 Å². The normalized spacial score (nSPS) is 10.6. The van der Waals surface area contributed by atoms with Crippen LogP contribution in [-0.4, -0.2) is 49.5 Å². The highest BCUT2D eigenvalue weighted by atomic mass is 16.5. The minimum atomic E-state index is -0.539. The van der Waals surface area contributed by atoms with E-state index in [0.717, 1.165) is 22.2 Å². The first-order valence-corrected chi connectivity index (χ1v) is 8.69. The minimum absolute atomic E-state index is 0.254. The summed E-state index contributed by atoms with van der Waals surface area (Å²) in [7, 11) is 5.65. The SMILES string of the molecule is CN(Cc1ccc(N(C)C)cc1)C(=O)COC(=O)c1cc2ccccc2[nH]1. The number of anilines is 1. The van der Waals surface area contributed by atoms with E-state index in [-0.39, 0.29) is 12.5 Å². The molecule has 0 unspecified atom stereocenters. The fourth-order valence-corrected chi connectivity index (χ4v) is 2.76. The number of nitrogens with zero attached hydrogens (tertiary/aromatic N) is 2. The van der Waals surface area contributed by atoms with Crippen LogP contribution >= 0.6 is 0 Å².